The zero-order chi connectivity index (χ0) is 25.1. The Morgan fingerprint density at radius 2 is 0.833 bits per heavy atom. The molecule has 0 N–H and O–H groups in total. The van der Waals surface area contributed by atoms with Gasteiger partial charge in [-0.3, -0.25) is 19.2 Å². The normalized spacial score (nSPS) is 30.6. The standard InChI is InChI=1S/C30H28N2O4/c1-3-17-9-5-7-11-23(17)31-27(33)19-13-15-21-26-22(16-14-20(25(19)26)28(31)34)30(36)32(29(21)35)24-12-8-6-10-18(24)4-2/h5-16,19-22,25-26H,3-4H2,1-2H3/t19-,20-,21-,22-,25?,26?/m0/s1. The van der Waals surface area contributed by atoms with Crippen LogP contribution in [0, 0.1) is 35.5 Å². The Morgan fingerprint density at radius 3 is 1.14 bits per heavy atom. The van der Waals surface area contributed by atoms with Crippen molar-refractivity contribution in [1.82, 2.24) is 0 Å². The molecule has 2 aromatic rings. The molecule has 6 rings (SSSR count). The van der Waals surface area contributed by atoms with Gasteiger partial charge in [-0.2, -0.15) is 0 Å². The number of hydrogen-bond donors (Lipinski definition) is 0. The molecule has 2 saturated heterocycles. The Balaban J connectivity index is 1.44. The number of rotatable bonds is 4. The lowest BCUT2D eigenvalue weighted by atomic mass is 9.55. The van der Waals surface area contributed by atoms with E-state index >= 15 is 0 Å². The molecular weight excluding hydrogens is 452 g/mol. The summed E-state index contributed by atoms with van der Waals surface area (Å²) < 4.78 is 0. The fourth-order valence-corrected chi connectivity index (χ4v) is 6.73. The predicted octanol–water partition coefficient (Wildman–Crippen LogP) is 4.09. The molecule has 2 aliphatic carbocycles. The van der Waals surface area contributed by atoms with Crippen LogP contribution in [0.15, 0.2) is 72.8 Å². The van der Waals surface area contributed by atoms with Gasteiger partial charge < -0.3 is 0 Å². The fraction of sp³-hybridized carbons (Fsp3) is 0.333. The van der Waals surface area contributed by atoms with Crippen LogP contribution < -0.4 is 9.80 Å². The number of amides is 4. The van der Waals surface area contributed by atoms with Crippen molar-refractivity contribution >= 4 is 35.0 Å². The van der Waals surface area contributed by atoms with Crippen LogP contribution in [0.5, 0.6) is 0 Å². The van der Waals surface area contributed by atoms with Gasteiger partial charge in [0.25, 0.3) is 0 Å². The van der Waals surface area contributed by atoms with Gasteiger partial charge in [-0.1, -0.05) is 74.5 Å². The second-order valence-electron chi connectivity index (χ2n) is 10.0. The maximum atomic E-state index is 13.8. The van der Waals surface area contributed by atoms with Crippen molar-refractivity contribution in [2.24, 2.45) is 35.5 Å². The minimum Gasteiger partial charge on any atom is -0.273 e. The highest BCUT2D eigenvalue weighted by Crippen LogP contribution is 2.53. The second kappa shape index (κ2) is 8.40. The molecule has 0 radical (unpaired) electrons. The summed E-state index contributed by atoms with van der Waals surface area (Å²) in [4.78, 5) is 57.7. The molecule has 0 spiro atoms. The van der Waals surface area contributed by atoms with Crippen molar-refractivity contribution in [1.29, 1.82) is 0 Å². The van der Waals surface area contributed by atoms with Crippen LogP contribution in [0.4, 0.5) is 11.4 Å². The third-order valence-corrected chi connectivity index (χ3v) is 8.40. The quantitative estimate of drug-likeness (QED) is 0.488. The molecule has 2 aliphatic heterocycles. The Bertz CT molecular complexity index is 1200. The molecule has 6 nitrogen and oxygen atoms in total. The average molecular weight is 481 g/mol. The van der Waals surface area contributed by atoms with Gasteiger partial charge in [0.05, 0.1) is 35.0 Å². The van der Waals surface area contributed by atoms with E-state index in [1.165, 1.54) is 9.80 Å². The summed E-state index contributed by atoms with van der Waals surface area (Å²) in [5.41, 5.74) is 3.11. The van der Waals surface area contributed by atoms with Crippen LogP contribution in [0.1, 0.15) is 25.0 Å². The number of aryl methyl sites for hydroxylation is 2. The second-order valence-corrected chi connectivity index (χ2v) is 10.0. The topological polar surface area (TPSA) is 74.8 Å². The smallest absolute Gasteiger partial charge is 0.241 e. The summed E-state index contributed by atoms with van der Waals surface area (Å²) >= 11 is 0. The molecule has 0 aromatic heterocycles. The van der Waals surface area contributed by atoms with E-state index in [9.17, 15) is 19.2 Å². The van der Waals surface area contributed by atoms with E-state index in [4.69, 9.17) is 0 Å². The van der Waals surface area contributed by atoms with Crippen LogP contribution in [-0.2, 0) is 32.0 Å². The summed E-state index contributed by atoms with van der Waals surface area (Å²) in [6.07, 6.45) is 8.63. The lowest BCUT2D eigenvalue weighted by molar-refractivity contribution is -0.148. The van der Waals surface area contributed by atoms with Gasteiger partial charge in [-0.05, 0) is 47.9 Å². The van der Waals surface area contributed by atoms with E-state index in [1.54, 1.807) is 0 Å². The van der Waals surface area contributed by atoms with Crippen LogP contribution in [0.25, 0.3) is 0 Å². The predicted molar refractivity (Wildman–Crippen MR) is 136 cm³/mol. The number of piperidine rings is 2. The van der Waals surface area contributed by atoms with Crippen LogP contribution in [0.2, 0.25) is 0 Å². The Hall–Kier alpha value is -3.80. The largest absolute Gasteiger partial charge is 0.273 e. The Kier molecular flexibility index (Phi) is 5.29. The number of hydrogen-bond acceptors (Lipinski definition) is 4. The van der Waals surface area contributed by atoms with Gasteiger partial charge in [-0.15, -0.1) is 0 Å². The van der Waals surface area contributed by atoms with Gasteiger partial charge in [0.15, 0.2) is 0 Å². The molecule has 2 fully saturated rings. The van der Waals surface area contributed by atoms with E-state index in [-0.39, 0.29) is 23.6 Å². The summed E-state index contributed by atoms with van der Waals surface area (Å²) in [7, 11) is 0. The number of anilines is 2. The number of para-hydroxylation sites is 2. The number of carbonyl (C=O) groups is 4. The van der Waals surface area contributed by atoms with E-state index < -0.39 is 35.5 Å². The molecule has 2 heterocycles. The van der Waals surface area contributed by atoms with Crippen molar-refractivity contribution in [2.75, 3.05) is 9.80 Å². The van der Waals surface area contributed by atoms with Gasteiger partial charge in [-0.25, -0.2) is 9.80 Å². The summed E-state index contributed by atoms with van der Waals surface area (Å²) in [6.45, 7) is 4.00. The fourth-order valence-electron chi connectivity index (χ4n) is 6.73. The van der Waals surface area contributed by atoms with Crippen molar-refractivity contribution in [2.45, 2.75) is 26.7 Å². The van der Waals surface area contributed by atoms with Crippen LogP contribution in [-0.4, -0.2) is 23.6 Å². The molecule has 4 atom stereocenters. The molecule has 36 heavy (non-hydrogen) atoms. The summed E-state index contributed by atoms with van der Waals surface area (Å²) in [5.74, 6) is -4.12. The average Bonchev–Trinajstić information content (AvgIpc) is 2.91. The molecule has 4 aliphatic rings. The van der Waals surface area contributed by atoms with Gasteiger partial charge in [0.1, 0.15) is 0 Å². The number of carbonyl (C=O) groups excluding carboxylic acids is 4. The molecule has 0 unspecified atom stereocenters. The zero-order valence-electron chi connectivity index (χ0n) is 20.3. The monoisotopic (exact) mass is 480 g/mol. The number of benzene rings is 2. The molecule has 0 saturated carbocycles. The first kappa shape index (κ1) is 22.7. The van der Waals surface area contributed by atoms with Gasteiger partial charge in [0, 0.05) is 0 Å². The molecular formula is C30H28N2O4. The minimum absolute atomic E-state index is 0.274. The van der Waals surface area contributed by atoms with E-state index in [0.29, 0.717) is 24.2 Å². The maximum absolute atomic E-state index is 13.8. The molecule has 4 amide bonds. The lowest BCUT2D eigenvalue weighted by Gasteiger charge is -2.53. The number of nitrogens with zero attached hydrogens (tertiary/aromatic N) is 2. The van der Waals surface area contributed by atoms with Crippen molar-refractivity contribution in [3.8, 4) is 0 Å². The molecule has 2 aromatic carbocycles. The Labute approximate surface area is 210 Å². The third kappa shape index (κ3) is 3.03. The highest BCUT2D eigenvalue weighted by Gasteiger charge is 2.61. The third-order valence-electron chi connectivity index (χ3n) is 8.40. The Morgan fingerprint density at radius 1 is 0.528 bits per heavy atom. The first-order valence-corrected chi connectivity index (χ1v) is 12.8. The van der Waals surface area contributed by atoms with E-state index in [0.717, 1.165) is 11.1 Å². The summed E-state index contributed by atoms with van der Waals surface area (Å²) in [5, 5.41) is 0. The van der Waals surface area contributed by atoms with Crippen molar-refractivity contribution < 1.29 is 19.2 Å². The zero-order valence-corrected chi connectivity index (χ0v) is 20.3. The van der Waals surface area contributed by atoms with E-state index in [1.807, 2.05) is 86.7 Å². The summed E-state index contributed by atoms with van der Waals surface area (Å²) in [6, 6.07) is 15.0. The maximum Gasteiger partial charge on any atom is 0.241 e. The molecule has 6 heteroatoms. The van der Waals surface area contributed by atoms with Crippen LogP contribution in [0.3, 0.4) is 0 Å². The SMILES string of the molecule is CCc1ccccc1N1C(=O)[C@H]2C=C[C@@H]3C(=O)N(c4ccccc4CC)C(=O)[C@H]4C=C[C@H](C1=O)C2C34. The lowest BCUT2D eigenvalue weighted by Crippen LogP contribution is -2.64. The first-order chi connectivity index (χ1) is 17.5. The highest BCUT2D eigenvalue weighted by molar-refractivity contribution is 6.22. The van der Waals surface area contributed by atoms with Crippen LogP contribution >= 0.6 is 0 Å². The first-order valence-electron chi connectivity index (χ1n) is 12.8. The number of imide groups is 2. The minimum atomic E-state index is -0.554. The highest BCUT2D eigenvalue weighted by atomic mass is 16.2. The van der Waals surface area contributed by atoms with Crippen molar-refractivity contribution in [3.05, 3.63) is 84.0 Å². The molecule has 0 bridgehead atoms. The molecule has 182 valence electrons. The van der Waals surface area contributed by atoms with Gasteiger partial charge >= 0.3 is 0 Å². The van der Waals surface area contributed by atoms with Gasteiger partial charge in [0.2, 0.25) is 23.6 Å². The van der Waals surface area contributed by atoms with Crippen molar-refractivity contribution in [3.63, 3.8) is 0 Å². The van der Waals surface area contributed by atoms with E-state index in [2.05, 4.69) is 0 Å².